The van der Waals surface area contributed by atoms with E-state index in [4.69, 9.17) is 4.74 Å². The van der Waals surface area contributed by atoms with Gasteiger partial charge >= 0.3 is 0 Å². The number of carbonyl (C=O) groups excluding carboxylic acids is 1. The number of aromatic nitrogens is 3. The van der Waals surface area contributed by atoms with Crippen molar-refractivity contribution in [2.45, 2.75) is 25.4 Å². The van der Waals surface area contributed by atoms with Gasteiger partial charge in [-0.05, 0) is 42.7 Å². The molecule has 0 unspecified atom stereocenters. The maximum Gasteiger partial charge on any atom is 0.274 e. The second kappa shape index (κ2) is 9.48. The van der Waals surface area contributed by atoms with Gasteiger partial charge in [0.1, 0.15) is 17.3 Å². The third kappa shape index (κ3) is 4.80. The van der Waals surface area contributed by atoms with Gasteiger partial charge in [-0.3, -0.25) is 4.79 Å². The molecule has 0 aliphatic carbocycles. The number of nitrogens with zero attached hydrogens (tertiary/aromatic N) is 5. The van der Waals surface area contributed by atoms with E-state index in [1.165, 1.54) is 6.07 Å². The highest BCUT2D eigenvalue weighted by molar-refractivity contribution is 5.92. The number of aryl methyl sites for hydroxylation is 1. The fourth-order valence-electron chi connectivity index (χ4n) is 3.93. The van der Waals surface area contributed by atoms with E-state index in [0.29, 0.717) is 36.6 Å². The van der Waals surface area contributed by atoms with Crippen LogP contribution in [0.25, 0.3) is 11.1 Å². The molecule has 32 heavy (non-hydrogen) atoms. The third-order valence-corrected chi connectivity index (χ3v) is 5.72. The molecular formula is C24H28FN5O2. The molecule has 3 heterocycles. The van der Waals surface area contributed by atoms with Crippen molar-refractivity contribution in [1.82, 2.24) is 19.4 Å². The van der Waals surface area contributed by atoms with Gasteiger partial charge in [-0.15, -0.1) is 0 Å². The number of hydrogen-bond donors (Lipinski definition) is 0. The Balaban J connectivity index is 1.63. The number of halogens is 1. The zero-order chi connectivity index (χ0) is 22.7. The Kier molecular flexibility index (Phi) is 6.50. The minimum Gasteiger partial charge on any atom is -0.381 e. The van der Waals surface area contributed by atoms with Crippen molar-refractivity contribution in [3.63, 3.8) is 0 Å². The Morgan fingerprint density at radius 2 is 1.97 bits per heavy atom. The number of anilines is 1. The zero-order valence-corrected chi connectivity index (χ0v) is 18.7. The standard InChI is InChI=1S/C24H28FN5O2/c1-28(2)23-7-5-18(13-26-23)20-12-17(4-6-21(20)25)14-30(19-8-10-32-11-9-19)24(31)22-15-29(3)16-27-22/h4-7,12-13,15-16,19H,8-11,14H2,1-3H3. The fraction of sp³-hybridized carbons (Fsp3) is 0.375. The van der Waals surface area contributed by atoms with Crippen molar-refractivity contribution >= 4 is 11.7 Å². The molecule has 1 saturated heterocycles. The van der Waals surface area contributed by atoms with E-state index in [9.17, 15) is 9.18 Å². The van der Waals surface area contributed by atoms with E-state index in [1.54, 1.807) is 35.4 Å². The van der Waals surface area contributed by atoms with Crippen molar-refractivity contribution in [2.75, 3.05) is 32.2 Å². The van der Waals surface area contributed by atoms with Gasteiger partial charge in [-0.2, -0.15) is 0 Å². The molecule has 2 aromatic heterocycles. The lowest BCUT2D eigenvalue weighted by Gasteiger charge is -2.34. The predicted molar refractivity (Wildman–Crippen MR) is 121 cm³/mol. The number of hydrogen-bond acceptors (Lipinski definition) is 5. The highest BCUT2D eigenvalue weighted by atomic mass is 19.1. The van der Waals surface area contributed by atoms with Gasteiger partial charge in [-0.25, -0.2) is 14.4 Å². The van der Waals surface area contributed by atoms with Crippen LogP contribution >= 0.6 is 0 Å². The second-order valence-electron chi connectivity index (χ2n) is 8.31. The van der Waals surface area contributed by atoms with Crippen LogP contribution in [0.2, 0.25) is 0 Å². The molecule has 3 aromatic rings. The third-order valence-electron chi connectivity index (χ3n) is 5.72. The van der Waals surface area contributed by atoms with Crippen molar-refractivity contribution in [3.8, 4) is 11.1 Å². The first-order valence-electron chi connectivity index (χ1n) is 10.7. The van der Waals surface area contributed by atoms with E-state index in [0.717, 1.165) is 24.2 Å². The van der Waals surface area contributed by atoms with Crippen LogP contribution in [0, 0.1) is 5.82 Å². The highest BCUT2D eigenvalue weighted by Crippen LogP contribution is 2.27. The Labute approximate surface area is 187 Å². The molecule has 0 bridgehead atoms. The first-order chi connectivity index (χ1) is 15.4. The molecule has 1 aliphatic heterocycles. The van der Waals surface area contributed by atoms with Crippen LogP contribution in [0.3, 0.4) is 0 Å². The molecule has 168 valence electrons. The summed E-state index contributed by atoms with van der Waals surface area (Å²) in [5.74, 6) is 0.360. The lowest BCUT2D eigenvalue weighted by atomic mass is 10.0. The average Bonchev–Trinajstić information content (AvgIpc) is 3.25. The summed E-state index contributed by atoms with van der Waals surface area (Å²) in [6.45, 7) is 1.61. The van der Waals surface area contributed by atoms with Gasteiger partial charge < -0.3 is 19.1 Å². The molecule has 1 fully saturated rings. The summed E-state index contributed by atoms with van der Waals surface area (Å²) in [5.41, 5.74) is 2.43. The summed E-state index contributed by atoms with van der Waals surface area (Å²) in [7, 11) is 5.66. The number of pyridine rings is 1. The van der Waals surface area contributed by atoms with Crippen LogP contribution in [0.5, 0.6) is 0 Å². The molecule has 1 aliphatic rings. The number of benzene rings is 1. The molecular weight excluding hydrogens is 409 g/mol. The molecule has 8 heteroatoms. The molecule has 1 aromatic carbocycles. The van der Waals surface area contributed by atoms with Crippen LogP contribution in [-0.2, 0) is 18.3 Å². The lowest BCUT2D eigenvalue weighted by Crippen LogP contribution is -2.43. The number of carbonyl (C=O) groups is 1. The fourth-order valence-corrected chi connectivity index (χ4v) is 3.93. The summed E-state index contributed by atoms with van der Waals surface area (Å²) in [5, 5.41) is 0. The normalized spacial score (nSPS) is 14.4. The van der Waals surface area contributed by atoms with Crippen molar-refractivity contribution in [1.29, 1.82) is 0 Å². The van der Waals surface area contributed by atoms with Gasteiger partial charge in [0.15, 0.2) is 0 Å². The van der Waals surface area contributed by atoms with Crippen LogP contribution in [0.1, 0.15) is 28.9 Å². The molecule has 0 spiro atoms. The number of ether oxygens (including phenoxy) is 1. The topological polar surface area (TPSA) is 63.5 Å². The minimum absolute atomic E-state index is 0.0489. The summed E-state index contributed by atoms with van der Waals surface area (Å²) < 4.78 is 21.9. The Morgan fingerprint density at radius 3 is 2.59 bits per heavy atom. The van der Waals surface area contributed by atoms with E-state index in [2.05, 4.69) is 9.97 Å². The molecule has 0 atom stereocenters. The van der Waals surface area contributed by atoms with Crippen LogP contribution < -0.4 is 4.90 Å². The largest absolute Gasteiger partial charge is 0.381 e. The zero-order valence-electron chi connectivity index (χ0n) is 18.7. The molecule has 1 amide bonds. The van der Waals surface area contributed by atoms with E-state index >= 15 is 0 Å². The minimum atomic E-state index is -0.318. The molecule has 0 saturated carbocycles. The predicted octanol–water partition coefficient (Wildman–Crippen LogP) is 3.51. The number of imidazole rings is 1. The maximum atomic E-state index is 14.7. The van der Waals surface area contributed by atoms with Crippen LogP contribution in [-0.4, -0.2) is 58.7 Å². The van der Waals surface area contributed by atoms with Gasteiger partial charge in [-0.1, -0.05) is 6.07 Å². The van der Waals surface area contributed by atoms with Crippen molar-refractivity contribution < 1.29 is 13.9 Å². The van der Waals surface area contributed by atoms with E-state index in [1.807, 2.05) is 43.1 Å². The molecule has 7 nitrogen and oxygen atoms in total. The van der Waals surface area contributed by atoms with Gasteiger partial charge in [0.2, 0.25) is 0 Å². The van der Waals surface area contributed by atoms with Crippen LogP contribution in [0.4, 0.5) is 10.2 Å². The second-order valence-corrected chi connectivity index (χ2v) is 8.31. The Bertz CT molecular complexity index is 1070. The highest BCUT2D eigenvalue weighted by Gasteiger charge is 2.28. The average molecular weight is 438 g/mol. The van der Waals surface area contributed by atoms with Crippen molar-refractivity contribution in [3.05, 3.63) is 66.1 Å². The smallest absolute Gasteiger partial charge is 0.274 e. The molecule has 0 N–H and O–H groups in total. The Morgan fingerprint density at radius 1 is 1.19 bits per heavy atom. The van der Waals surface area contributed by atoms with Gasteiger partial charge in [0.25, 0.3) is 5.91 Å². The quantitative estimate of drug-likeness (QED) is 0.591. The number of rotatable bonds is 6. The summed E-state index contributed by atoms with van der Waals surface area (Å²) in [4.78, 5) is 25.7. The van der Waals surface area contributed by atoms with Gasteiger partial charge in [0, 0.05) is 70.5 Å². The molecule has 0 radical (unpaired) electrons. The monoisotopic (exact) mass is 437 g/mol. The van der Waals surface area contributed by atoms with Crippen LogP contribution in [0.15, 0.2) is 49.1 Å². The van der Waals surface area contributed by atoms with Gasteiger partial charge in [0.05, 0.1) is 6.33 Å². The molecule has 4 rings (SSSR count). The van der Waals surface area contributed by atoms with E-state index < -0.39 is 0 Å². The summed E-state index contributed by atoms with van der Waals surface area (Å²) in [6.07, 6.45) is 6.55. The summed E-state index contributed by atoms with van der Waals surface area (Å²) in [6, 6.07) is 8.77. The van der Waals surface area contributed by atoms with E-state index in [-0.39, 0.29) is 17.8 Å². The first-order valence-corrected chi connectivity index (χ1v) is 10.7. The lowest BCUT2D eigenvalue weighted by molar-refractivity contribution is 0.0264. The van der Waals surface area contributed by atoms with Crippen molar-refractivity contribution in [2.24, 2.45) is 7.05 Å². The first kappa shape index (κ1) is 22.0. The Hall–Kier alpha value is -3.26. The maximum absolute atomic E-state index is 14.7. The SMILES string of the molecule is CN(C)c1ccc(-c2cc(CN(C(=O)c3cn(C)cn3)C3CCOCC3)ccc2F)cn1. The summed E-state index contributed by atoms with van der Waals surface area (Å²) >= 11 is 0. The number of amides is 1.